The van der Waals surface area contributed by atoms with Gasteiger partial charge in [0.2, 0.25) is 0 Å². The fourth-order valence-corrected chi connectivity index (χ4v) is 2.66. The van der Waals surface area contributed by atoms with E-state index in [0.717, 1.165) is 12.1 Å². The van der Waals surface area contributed by atoms with Crippen LogP contribution in [0.15, 0.2) is 0 Å². The van der Waals surface area contributed by atoms with Gasteiger partial charge in [-0.2, -0.15) is 0 Å². The van der Waals surface area contributed by atoms with Gasteiger partial charge in [0.15, 0.2) is 0 Å². The quantitative estimate of drug-likeness (QED) is 0.683. The molecule has 0 radical (unpaired) electrons. The maximum atomic E-state index is 5.96. The second-order valence-corrected chi connectivity index (χ2v) is 4.14. The highest BCUT2D eigenvalue weighted by Crippen LogP contribution is 2.31. The fourth-order valence-electron chi connectivity index (χ4n) is 2.66. The van der Waals surface area contributed by atoms with Gasteiger partial charge >= 0.3 is 0 Å². The minimum Gasteiger partial charge on any atom is -0.328 e. The van der Waals surface area contributed by atoms with Gasteiger partial charge in [-0.15, -0.1) is 24.8 Å². The predicted molar refractivity (Wildman–Crippen MR) is 60.9 cm³/mol. The first-order chi connectivity index (χ1) is 5.27. The van der Waals surface area contributed by atoms with E-state index in [-0.39, 0.29) is 24.8 Å². The molecule has 0 aliphatic carbocycles. The van der Waals surface area contributed by atoms with Crippen LogP contribution in [0.5, 0.6) is 0 Å². The highest BCUT2D eigenvalue weighted by molar-refractivity contribution is 5.85. The van der Waals surface area contributed by atoms with Gasteiger partial charge in [-0.1, -0.05) is 6.42 Å². The Bertz CT molecular complexity index is 141. The second-order valence-electron chi connectivity index (χ2n) is 4.14. The Morgan fingerprint density at radius 3 is 2.00 bits per heavy atom. The number of piperidine rings is 2. The van der Waals surface area contributed by atoms with Crippen molar-refractivity contribution in [3.05, 3.63) is 0 Å². The van der Waals surface area contributed by atoms with Gasteiger partial charge in [0.05, 0.1) is 0 Å². The Hall–Kier alpha value is 0.500. The van der Waals surface area contributed by atoms with Crippen LogP contribution in [-0.4, -0.2) is 30.1 Å². The molecule has 13 heavy (non-hydrogen) atoms. The van der Waals surface area contributed by atoms with Crippen LogP contribution in [0.2, 0.25) is 0 Å². The zero-order valence-electron chi connectivity index (χ0n) is 8.11. The average Bonchev–Trinajstić information content (AvgIpc) is 1.92. The van der Waals surface area contributed by atoms with Gasteiger partial charge in [0.25, 0.3) is 0 Å². The fraction of sp³-hybridized carbons (Fsp3) is 1.00. The summed E-state index contributed by atoms with van der Waals surface area (Å²) in [5.74, 6) is 0. The van der Waals surface area contributed by atoms with E-state index >= 15 is 0 Å². The topological polar surface area (TPSA) is 29.3 Å². The van der Waals surface area contributed by atoms with E-state index in [4.69, 9.17) is 5.73 Å². The van der Waals surface area contributed by atoms with Crippen LogP contribution >= 0.6 is 24.8 Å². The van der Waals surface area contributed by atoms with E-state index in [1.165, 1.54) is 32.1 Å². The predicted octanol–water partition coefficient (Wildman–Crippen LogP) is 1.80. The molecule has 2 rings (SSSR count). The zero-order chi connectivity index (χ0) is 7.84. The molecule has 4 heteroatoms. The normalized spacial score (nSPS) is 38.8. The summed E-state index contributed by atoms with van der Waals surface area (Å²) in [5, 5.41) is 0. The molecule has 0 saturated carbocycles. The molecule has 0 aromatic rings. The first-order valence-electron chi connectivity index (χ1n) is 4.75. The van der Waals surface area contributed by atoms with Crippen LogP contribution in [-0.2, 0) is 0 Å². The first-order valence-corrected chi connectivity index (χ1v) is 4.75. The molecule has 0 aromatic heterocycles. The number of fused-ring (bicyclic) bond motifs is 2. The van der Waals surface area contributed by atoms with E-state index in [0.29, 0.717) is 6.04 Å². The van der Waals surface area contributed by atoms with Crippen molar-refractivity contribution in [2.24, 2.45) is 5.73 Å². The third kappa shape index (κ3) is 2.72. The summed E-state index contributed by atoms with van der Waals surface area (Å²) in [6, 6.07) is 2.09. The zero-order valence-corrected chi connectivity index (χ0v) is 9.74. The lowest BCUT2D eigenvalue weighted by atomic mass is 9.83. The lowest BCUT2D eigenvalue weighted by Gasteiger charge is -2.46. The third-order valence-electron chi connectivity index (χ3n) is 3.38. The maximum absolute atomic E-state index is 5.96. The van der Waals surface area contributed by atoms with Crippen molar-refractivity contribution in [2.45, 2.75) is 50.2 Å². The van der Waals surface area contributed by atoms with Crippen LogP contribution in [0.1, 0.15) is 32.1 Å². The number of rotatable bonds is 0. The van der Waals surface area contributed by atoms with E-state index in [2.05, 4.69) is 11.9 Å². The van der Waals surface area contributed by atoms with Crippen LogP contribution in [0.4, 0.5) is 0 Å². The molecule has 0 spiro atoms. The Morgan fingerprint density at radius 2 is 1.54 bits per heavy atom. The summed E-state index contributed by atoms with van der Waals surface area (Å²) < 4.78 is 0. The standard InChI is InChI=1S/C9H18N2.2ClH/c1-11-8-3-2-4-9(11)6-7(10)5-8;;/h7-9H,2-6,10H2,1H3;2*1H/t7?,8-,9?;;/m0../s1. The Morgan fingerprint density at radius 1 is 1.08 bits per heavy atom. The lowest BCUT2D eigenvalue weighted by molar-refractivity contribution is 0.0570. The molecule has 2 N–H and O–H groups in total. The van der Waals surface area contributed by atoms with Crippen molar-refractivity contribution in [3.63, 3.8) is 0 Å². The molecule has 2 unspecified atom stereocenters. The van der Waals surface area contributed by atoms with Crippen LogP contribution in [0, 0.1) is 0 Å². The highest BCUT2D eigenvalue weighted by atomic mass is 35.5. The summed E-state index contributed by atoms with van der Waals surface area (Å²) in [6.45, 7) is 0. The number of nitrogens with two attached hydrogens (primary N) is 1. The molecule has 2 saturated heterocycles. The maximum Gasteiger partial charge on any atom is 0.0110 e. The summed E-state index contributed by atoms with van der Waals surface area (Å²) in [5.41, 5.74) is 5.96. The lowest BCUT2D eigenvalue weighted by Crippen LogP contribution is -2.53. The van der Waals surface area contributed by atoms with Crippen LogP contribution in [0.3, 0.4) is 0 Å². The van der Waals surface area contributed by atoms with Gasteiger partial charge < -0.3 is 10.6 Å². The molecule has 2 fully saturated rings. The Kier molecular flexibility index (Phi) is 5.61. The molecular formula is C9H20Cl2N2. The van der Waals surface area contributed by atoms with Gasteiger partial charge in [-0.25, -0.2) is 0 Å². The molecule has 2 bridgehead atoms. The molecule has 2 heterocycles. The number of halogens is 2. The van der Waals surface area contributed by atoms with Crippen LogP contribution < -0.4 is 5.73 Å². The average molecular weight is 227 g/mol. The minimum absolute atomic E-state index is 0. The summed E-state index contributed by atoms with van der Waals surface area (Å²) in [6.07, 6.45) is 6.63. The number of hydrogen-bond acceptors (Lipinski definition) is 2. The van der Waals surface area contributed by atoms with Crippen molar-refractivity contribution in [1.82, 2.24) is 4.90 Å². The van der Waals surface area contributed by atoms with Crippen molar-refractivity contribution in [1.29, 1.82) is 0 Å². The van der Waals surface area contributed by atoms with E-state index < -0.39 is 0 Å². The number of nitrogens with zero attached hydrogens (tertiary/aromatic N) is 1. The van der Waals surface area contributed by atoms with E-state index in [9.17, 15) is 0 Å². The molecule has 2 aliphatic rings. The Balaban J connectivity index is 0.000000720. The van der Waals surface area contributed by atoms with Gasteiger partial charge in [0, 0.05) is 18.1 Å². The van der Waals surface area contributed by atoms with Crippen molar-refractivity contribution < 1.29 is 0 Å². The Labute approximate surface area is 93.1 Å². The largest absolute Gasteiger partial charge is 0.328 e. The summed E-state index contributed by atoms with van der Waals surface area (Å²) >= 11 is 0. The smallest absolute Gasteiger partial charge is 0.0110 e. The molecule has 0 aromatic carbocycles. The van der Waals surface area contributed by atoms with Crippen molar-refractivity contribution in [2.75, 3.05) is 7.05 Å². The van der Waals surface area contributed by atoms with E-state index in [1.807, 2.05) is 0 Å². The van der Waals surface area contributed by atoms with Crippen molar-refractivity contribution in [3.8, 4) is 0 Å². The number of hydrogen-bond donors (Lipinski definition) is 1. The summed E-state index contributed by atoms with van der Waals surface area (Å²) in [4.78, 5) is 2.55. The first kappa shape index (κ1) is 13.5. The molecule has 0 amide bonds. The minimum atomic E-state index is 0. The third-order valence-corrected chi connectivity index (χ3v) is 3.38. The highest BCUT2D eigenvalue weighted by Gasteiger charge is 2.34. The molecular weight excluding hydrogens is 207 g/mol. The SMILES string of the molecule is CN1C2CCC[C@H]1CC(N)C2.Cl.Cl. The van der Waals surface area contributed by atoms with Crippen LogP contribution in [0.25, 0.3) is 0 Å². The van der Waals surface area contributed by atoms with Gasteiger partial charge in [-0.3, -0.25) is 0 Å². The molecule has 2 nitrogen and oxygen atoms in total. The molecule has 80 valence electrons. The van der Waals surface area contributed by atoms with Crippen molar-refractivity contribution >= 4 is 24.8 Å². The van der Waals surface area contributed by atoms with Gasteiger partial charge in [0.1, 0.15) is 0 Å². The second kappa shape index (κ2) is 5.40. The van der Waals surface area contributed by atoms with E-state index in [1.54, 1.807) is 0 Å². The molecule has 3 atom stereocenters. The summed E-state index contributed by atoms with van der Waals surface area (Å²) in [7, 11) is 2.26. The molecule has 2 aliphatic heterocycles. The monoisotopic (exact) mass is 226 g/mol. The van der Waals surface area contributed by atoms with Gasteiger partial charge in [-0.05, 0) is 32.7 Å².